The molecule has 0 aromatic carbocycles. The number of fused-ring (bicyclic) bond motifs is 2. The van der Waals surface area contributed by atoms with E-state index in [0.717, 1.165) is 6.08 Å². The van der Waals surface area contributed by atoms with E-state index in [1.807, 2.05) is 0 Å². The Labute approximate surface area is 103 Å². The number of carboxylic acids is 1. The first kappa shape index (κ1) is 13.0. The van der Waals surface area contributed by atoms with Crippen LogP contribution in [-0.2, 0) is 9.59 Å². The number of halogens is 2. The van der Waals surface area contributed by atoms with Crippen molar-refractivity contribution in [1.82, 2.24) is 4.90 Å². The first-order chi connectivity index (χ1) is 8.36. The SMILES string of the molecule is C=CC(=O)N1CC2CC(C(=O)O)CC(C1)C2(F)F. The number of aliphatic carboxylic acids is 1. The third-order valence-electron chi connectivity index (χ3n) is 3.94. The zero-order chi connectivity index (χ0) is 13.5. The lowest BCUT2D eigenvalue weighted by Gasteiger charge is -2.48. The molecule has 100 valence electrons. The number of likely N-dealkylation sites (tertiary alicyclic amines) is 1. The Balaban J connectivity index is 2.19. The van der Waals surface area contributed by atoms with Crippen LogP contribution in [0.5, 0.6) is 0 Å². The fraction of sp³-hybridized carbons (Fsp3) is 0.667. The molecule has 18 heavy (non-hydrogen) atoms. The number of piperidine rings is 1. The molecule has 2 unspecified atom stereocenters. The summed E-state index contributed by atoms with van der Waals surface area (Å²) in [6, 6.07) is 0. The Morgan fingerprint density at radius 3 is 2.17 bits per heavy atom. The molecular weight excluding hydrogens is 244 g/mol. The molecule has 1 saturated carbocycles. The second-order valence-electron chi connectivity index (χ2n) is 5.02. The summed E-state index contributed by atoms with van der Waals surface area (Å²) in [4.78, 5) is 23.7. The maximum Gasteiger partial charge on any atom is 0.306 e. The van der Waals surface area contributed by atoms with Gasteiger partial charge in [-0.25, -0.2) is 8.78 Å². The van der Waals surface area contributed by atoms with Crippen molar-refractivity contribution in [3.8, 4) is 0 Å². The van der Waals surface area contributed by atoms with Gasteiger partial charge in [0.05, 0.1) is 5.92 Å². The van der Waals surface area contributed by atoms with Crippen molar-refractivity contribution < 1.29 is 23.5 Å². The minimum Gasteiger partial charge on any atom is -0.481 e. The fourth-order valence-electron chi connectivity index (χ4n) is 2.94. The van der Waals surface area contributed by atoms with E-state index in [9.17, 15) is 18.4 Å². The molecule has 1 amide bonds. The number of rotatable bonds is 2. The number of alkyl halides is 2. The molecule has 4 nitrogen and oxygen atoms in total. The molecule has 6 heteroatoms. The van der Waals surface area contributed by atoms with Crippen LogP contribution >= 0.6 is 0 Å². The van der Waals surface area contributed by atoms with Crippen LogP contribution in [0.4, 0.5) is 8.78 Å². The molecule has 1 N–H and O–H groups in total. The molecule has 2 bridgehead atoms. The van der Waals surface area contributed by atoms with Gasteiger partial charge in [0.25, 0.3) is 5.92 Å². The van der Waals surface area contributed by atoms with Gasteiger partial charge >= 0.3 is 5.97 Å². The number of nitrogens with zero attached hydrogens (tertiary/aromatic N) is 1. The summed E-state index contributed by atoms with van der Waals surface area (Å²) in [6.07, 6.45) is 0.966. The van der Waals surface area contributed by atoms with Crippen LogP contribution in [0.1, 0.15) is 12.8 Å². The van der Waals surface area contributed by atoms with Crippen molar-refractivity contribution in [3.05, 3.63) is 12.7 Å². The Kier molecular flexibility index (Phi) is 3.12. The number of amides is 1. The van der Waals surface area contributed by atoms with E-state index in [-0.39, 0.29) is 31.8 Å². The molecule has 1 aliphatic heterocycles. The molecule has 2 atom stereocenters. The van der Waals surface area contributed by atoms with Crippen LogP contribution in [0.25, 0.3) is 0 Å². The zero-order valence-corrected chi connectivity index (χ0v) is 9.81. The molecule has 0 spiro atoms. The highest BCUT2D eigenvalue weighted by Crippen LogP contribution is 2.48. The number of carboxylic acid groups (broad SMARTS) is 1. The van der Waals surface area contributed by atoms with E-state index in [1.54, 1.807) is 0 Å². The van der Waals surface area contributed by atoms with Crippen LogP contribution in [0.15, 0.2) is 12.7 Å². The van der Waals surface area contributed by atoms with Gasteiger partial charge < -0.3 is 10.0 Å². The summed E-state index contributed by atoms with van der Waals surface area (Å²) < 4.78 is 27.9. The second kappa shape index (κ2) is 4.33. The highest BCUT2D eigenvalue weighted by molar-refractivity contribution is 5.87. The number of carbonyl (C=O) groups excluding carboxylic acids is 1. The van der Waals surface area contributed by atoms with Crippen LogP contribution in [-0.4, -0.2) is 40.9 Å². The van der Waals surface area contributed by atoms with Crippen molar-refractivity contribution in [1.29, 1.82) is 0 Å². The maximum absolute atomic E-state index is 13.9. The van der Waals surface area contributed by atoms with Crippen LogP contribution in [0.2, 0.25) is 0 Å². The highest BCUT2D eigenvalue weighted by Gasteiger charge is 2.57. The lowest BCUT2D eigenvalue weighted by molar-refractivity contribution is -0.190. The minimum absolute atomic E-state index is 0.0697. The Hall–Kier alpha value is -1.46. The maximum atomic E-state index is 13.9. The molecule has 1 saturated heterocycles. The predicted octanol–water partition coefficient (Wildman–Crippen LogP) is 1.38. The van der Waals surface area contributed by atoms with Gasteiger partial charge in [0.1, 0.15) is 0 Å². The molecule has 2 aliphatic rings. The number of hydrogen-bond acceptors (Lipinski definition) is 2. The van der Waals surface area contributed by atoms with Crippen LogP contribution in [0, 0.1) is 17.8 Å². The van der Waals surface area contributed by atoms with E-state index in [0.29, 0.717) is 0 Å². The zero-order valence-electron chi connectivity index (χ0n) is 9.81. The summed E-state index contributed by atoms with van der Waals surface area (Å²) in [5.74, 6) is -7.10. The van der Waals surface area contributed by atoms with Gasteiger partial charge in [-0.15, -0.1) is 0 Å². The lowest BCUT2D eigenvalue weighted by atomic mass is 9.69. The summed E-state index contributed by atoms with van der Waals surface area (Å²) >= 11 is 0. The average molecular weight is 259 g/mol. The summed E-state index contributed by atoms with van der Waals surface area (Å²) in [6.45, 7) is 3.17. The fourth-order valence-corrected chi connectivity index (χ4v) is 2.94. The van der Waals surface area contributed by atoms with Gasteiger partial charge in [-0.3, -0.25) is 9.59 Å². The predicted molar refractivity (Wildman–Crippen MR) is 59.1 cm³/mol. The van der Waals surface area contributed by atoms with Gasteiger partial charge in [-0.2, -0.15) is 0 Å². The summed E-state index contributed by atoms with van der Waals surface area (Å²) in [5.41, 5.74) is 0. The molecule has 2 rings (SSSR count). The van der Waals surface area contributed by atoms with Crippen molar-refractivity contribution in [2.75, 3.05) is 13.1 Å². The molecular formula is C12H15F2NO3. The van der Waals surface area contributed by atoms with E-state index in [2.05, 4.69) is 6.58 Å². The van der Waals surface area contributed by atoms with E-state index >= 15 is 0 Å². The van der Waals surface area contributed by atoms with Crippen LogP contribution < -0.4 is 0 Å². The monoisotopic (exact) mass is 259 g/mol. The number of hydrogen-bond donors (Lipinski definition) is 1. The first-order valence-electron chi connectivity index (χ1n) is 5.88. The van der Waals surface area contributed by atoms with Gasteiger partial charge in [0, 0.05) is 24.9 Å². The molecule has 1 aliphatic carbocycles. The van der Waals surface area contributed by atoms with E-state index in [4.69, 9.17) is 5.11 Å². The molecule has 0 aromatic heterocycles. The first-order valence-corrected chi connectivity index (χ1v) is 5.88. The van der Waals surface area contributed by atoms with Gasteiger partial charge in [-0.05, 0) is 18.9 Å². The smallest absolute Gasteiger partial charge is 0.306 e. The van der Waals surface area contributed by atoms with Gasteiger partial charge in [0.15, 0.2) is 0 Å². The second-order valence-corrected chi connectivity index (χ2v) is 5.02. The van der Waals surface area contributed by atoms with Crippen LogP contribution in [0.3, 0.4) is 0 Å². The Morgan fingerprint density at radius 2 is 1.78 bits per heavy atom. The number of carbonyl (C=O) groups is 2. The van der Waals surface area contributed by atoms with Crippen molar-refractivity contribution in [2.45, 2.75) is 18.8 Å². The third-order valence-corrected chi connectivity index (χ3v) is 3.94. The minimum atomic E-state index is -2.87. The van der Waals surface area contributed by atoms with E-state index < -0.39 is 29.6 Å². The van der Waals surface area contributed by atoms with Gasteiger partial charge in [-0.1, -0.05) is 6.58 Å². The van der Waals surface area contributed by atoms with Crippen molar-refractivity contribution >= 4 is 11.9 Å². The van der Waals surface area contributed by atoms with Crippen molar-refractivity contribution in [2.24, 2.45) is 17.8 Å². The Bertz CT molecular complexity index is 379. The Morgan fingerprint density at radius 1 is 1.28 bits per heavy atom. The summed E-state index contributed by atoms with van der Waals surface area (Å²) in [5, 5.41) is 8.94. The standard InChI is InChI=1S/C12H15F2NO3/c1-2-10(16)15-5-8-3-7(11(17)18)4-9(6-15)12(8,13)14/h2,7-9H,1,3-6H2,(H,17,18). The quantitative estimate of drug-likeness (QED) is 0.762. The third kappa shape index (κ3) is 2.00. The molecule has 2 fully saturated rings. The largest absolute Gasteiger partial charge is 0.481 e. The lowest BCUT2D eigenvalue weighted by Crippen LogP contribution is -2.58. The van der Waals surface area contributed by atoms with Gasteiger partial charge in [0.2, 0.25) is 5.91 Å². The highest BCUT2D eigenvalue weighted by atomic mass is 19.3. The average Bonchev–Trinajstić information content (AvgIpc) is 2.26. The molecule has 1 heterocycles. The van der Waals surface area contributed by atoms with E-state index in [1.165, 1.54) is 4.90 Å². The topological polar surface area (TPSA) is 57.6 Å². The van der Waals surface area contributed by atoms with Crippen molar-refractivity contribution in [3.63, 3.8) is 0 Å². The molecule has 0 radical (unpaired) electrons. The molecule has 0 aromatic rings. The normalized spacial score (nSPS) is 33.9. The summed E-state index contributed by atoms with van der Waals surface area (Å²) in [7, 11) is 0.